The van der Waals surface area contributed by atoms with Crippen LogP contribution < -0.4 is 0 Å². The van der Waals surface area contributed by atoms with Crippen molar-refractivity contribution < 1.29 is 24.3 Å². The number of hydrogen-bond donors (Lipinski definition) is 2. The summed E-state index contributed by atoms with van der Waals surface area (Å²) in [6.07, 6.45) is 0. The van der Waals surface area contributed by atoms with E-state index in [4.69, 9.17) is 19.8 Å². The summed E-state index contributed by atoms with van der Waals surface area (Å²) in [5.41, 5.74) is 0. The minimum atomic E-state index is -1.82. The van der Waals surface area contributed by atoms with Gasteiger partial charge < -0.3 is 14.7 Å². The molecule has 2 N–H and O–H groups in total. The SMILES string of the molecule is CC[N+](C)(C)CC.O=C(O)C(=O)O. The molecule has 0 saturated heterocycles. The molecule has 78 valence electrons. The highest BCUT2D eigenvalue weighted by Crippen LogP contribution is 1.91. The Balaban J connectivity index is 0. The maximum Gasteiger partial charge on any atom is 0.414 e. The first-order valence-electron chi connectivity index (χ1n) is 4.05. The molecule has 0 amide bonds. The van der Waals surface area contributed by atoms with Gasteiger partial charge in [0.15, 0.2) is 0 Å². The Bertz CT molecular complexity index is 159. The highest BCUT2D eigenvalue weighted by molar-refractivity contribution is 6.27. The lowest BCUT2D eigenvalue weighted by Crippen LogP contribution is -2.38. The third kappa shape index (κ3) is 10.9. The lowest BCUT2D eigenvalue weighted by molar-refractivity contribution is -0.886. The zero-order chi connectivity index (χ0) is 11.1. The van der Waals surface area contributed by atoms with Gasteiger partial charge in [-0.15, -0.1) is 0 Å². The molecular weight excluding hydrogens is 174 g/mol. The van der Waals surface area contributed by atoms with Crippen LogP contribution in [0, 0.1) is 0 Å². The second-order valence-electron chi connectivity index (χ2n) is 3.18. The van der Waals surface area contributed by atoms with E-state index in [9.17, 15) is 0 Å². The van der Waals surface area contributed by atoms with Gasteiger partial charge in [0.1, 0.15) is 0 Å². The summed E-state index contributed by atoms with van der Waals surface area (Å²) >= 11 is 0. The predicted molar refractivity (Wildman–Crippen MR) is 48.5 cm³/mol. The molecule has 0 aromatic heterocycles. The molecule has 5 heteroatoms. The Morgan fingerprint density at radius 3 is 1.23 bits per heavy atom. The van der Waals surface area contributed by atoms with Crippen molar-refractivity contribution in [2.45, 2.75) is 13.8 Å². The normalized spacial score (nSPS) is 9.85. The topological polar surface area (TPSA) is 74.6 Å². The first-order chi connectivity index (χ1) is 5.76. The molecule has 0 rings (SSSR count). The molecule has 0 aromatic carbocycles. The number of carboxylic acid groups (broad SMARTS) is 2. The summed E-state index contributed by atoms with van der Waals surface area (Å²) < 4.78 is 1.14. The van der Waals surface area contributed by atoms with E-state index in [1.54, 1.807) is 0 Å². The van der Waals surface area contributed by atoms with Gasteiger partial charge in [-0.25, -0.2) is 9.59 Å². The van der Waals surface area contributed by atoms with E-state index in [1.807, 2.05) is 0 Å². The van der Waals surface area contributed by atoms with Gasteiger partial charge in [-0.1, -0.05) is 0 Å². The predicted octanol–water partition coefficient (Wildman–Crippen LogP) is 0.258. The Labute approximate surface area is 78.2 Å². The molecule has 0 atom stereocenters. The number of hydrogen-bond acceptors (Lipinski definition) is 2. The smallest absolute Gasteiger partial charge is 0.414 e. The van der Waals surface area contributed by atoms with E-state index in [0.29, 0.717) is 0 Å². The van der Waals surface area contributed by atoms with Crippen LogP contribution in [0.5, 0.6) is 0 Å². The van der Waals surface area contributed by atoms with Crippen LogP contribution in [0.25, 0.3) is 0 Å². The van der Waals surface area contributed by atoms with E-state index in [0.717, 1.165) is 4.48 Å². The van der Waals surface area contributed by atoms with Gasteiger partial charge in [0.05, 0.1) is 27.2 Å². The number of carboxylic acids is 2. The third-order valence-corrected chi connectivity index (χ3v) is 1.90. The number of rotatable bonds is 2. The van der Waals surface area contributed by atoms with Crippen molar-refractivity contribution >= 4 is 11.9 Å². The second kappa shape index (κ2) is 6.42. The van der Waals surface area contributed by atoms with Crippen LogP contribution in [0.4, 0.5) is 0 Å². The highest BCUT2D eigenvalue weighted by Gasteiger charge is 2.05. The summed E-state index contributed by atoms with van der Waals surface area (Å²) in [5, 5.41) is 14.8. The van der Waals surface area contributed by atoms with Crippen LogP contribution in [0.2, 0.25) is 0 Å². The average Bonchev–Trinajstić information content (AvgIpc) is 2.05. The zero-order valence-electron chi connectivity index (χ0n) is 8.57. The van der Waals surface area contributed by atoms with Crippen LogP contribution in [0.15, 0.2) is 0 Å². The molecule has 0 bridgehead atoms. The van der Waals surface area contributed by atoms with Crippen LogP contribution >= 0.6 is 0 Å². The van der Waals surface area contributed by atoms with Gasteiger partial charge in [-0.05, 0) is 13.8 Å². The zero-order valence-corrected chi connectivity index (χ0v) is 8.57. The third-order valence-electron chi connectivity index (χ3n) is 1.90. The maximum absolute atomic E-state index is 9.10. The Morgan fingerprint density at radius 2 is 1.23 bits per heavy atom. The number of carbonyl (C=O) groups is 2. The summed E-state index contributed by atoms with van der Waals surface area (Å²) in [5.74, 6) is -3.65. The Kier molecular flexibility index (Phi) is 7.12. The quantitative estimate of drug-likeness (QED) is 0.486. The first-order valence-corrected chi connectivity index (χ1v) is 4.05. The molecule has 0 heterocycles. The van der Waals surface area contributed by atoms with Gasteiger partial charge in [0.25, 0.3) is 0 Å². The molecule has 0 saturated carbocycles. The largest absolute Gasteiger partial charge is 0.473 e. The molecule has 0 fully saturated rings. The first kappa shape index (κ1) is 14.4. The Hall–Kier alpha value is -1.10. The van der Waals surface area contributed by atoms with Crippen molar-refractivity contribution in [3.05, 3.63) is 0 Å². The monoisotopic (exact) mass is 192 g/mol. The number of quaternary nitrogens is 1. The number of aliphatic carboxylic acids is 2. The van der Waals surface area contributed by atoms with Gasteiger partial charge in [-0.2, -0.15) is 0 Å². The standard InChI is InChI=1S/C6H16N.C2H2O4/c1-5-7(3,4)6-2;3-1(4)2(5)6/h5-6H2,1-4H3;(H,3,4)(H,5,6)/q+1;. The summed E-state index contributed by atoms with van der Waals surface area (Å²) in [6.45, 7) is 6.89. The average molecular weight is 192 g/mol. The molecule has 0 aliphatic rings. The number of nitrogens with zero attached hydrogens (tertiary/aromatic N) is 1. The fraction of sp³-hybridized carbons (Fsp3) is 0.750. The lowest BCUT2D eigenvalue weighted by atomic mass is 10.5. The van der Waals surface area contributed by atoms with Gasteiger partial charge in [0, 0.05) is 0 Å². The summed E-state index contributed by atoms with van der Waals surface area (Å²) in [7, 11) is 4.47. The molecule has 0 aliphatic heterocycles. The minimum absolute atomic E-state index is 1.14. The van der Waals surface area contributed by atoms with Crippen molar-refractivity contribution in [2.24, 2.45) is 0 Å². The van der Waals surface area contributed by atoms with Crippen molar-refractivity contribution in [3.8, 4) is 0 Å². The molecule has 0 aromatic rings. The lowest BCUT2D eigenvalue weighted by Gasteiger charge is -2.25. The van der Waals surface area contributed by atoms with Crippen molar-refractivity contribution in [2.75, 3.05) is 27.2 Å². The highest BCUT2D eigenvalue weighted by atomic mass is 16.4. The molecule has 0 radical (unpaired) electrons. The van der Waals surface area contributed by atoms with Crippen LogP contribution in [0.3, 0.4) is 0 Å². The molecule has 13 heavy (non-hydrogen) atoms. The fourth-order valence-electron chi connectivity index (χ4n) is 0.224. The minimum Gasteiger partial charge on any atom is -0.473 e. The summed E-state index contributed by atoms with van der Waals surface area (Å²) in [4.78, 5) is 18.2. The van der Waals surface area contributed by atoms with Crippen LogP contribution in [0.1, 0.15) is 13.8 Å². The molecule has 0 aliphatic carbocycles. The van der Waals surface area contributed by atoms with Crippen molar-refractivity contribution in [1.29, 1.82) is 0 Å². The van der Waals surface area contributed by atoms with Gasteiger partial charge in [0.2, 0.25) is 0 Å². The van der Waals surface area contributed by atoms with Crippen molar-refractivity contribution in [1.82, 2.24) is 0 Å². The van der Waals surface area contributed by atoms with E-state index in [1.165, 1.54) is 13.1 Å². The van der Waals surface area contributed by atoms with Crippen LogP contribution in [-0.4, -0.2) is 53.8 Å². The summed E-state index contributed by atoms with van der Waals surface area (Å²) in [6, 6.07) is 0. The molecule has 0 unspecified atom stereocenters. The molecule has 5 nitrogen and oxygen atoms in total. The fourth-order valence-corrected chi connectivity index (χ4v) is 0.224. The van der Waals surface area contributed by atoms with E-state index >= 15 is 0 Å². The second-order valence-corrected chi connectivity index (χ2v) is 3.18. The Morgan fingerprint density at radius 1 is 1.00 bits per heavy atom. The van der Waals surface area contributed by atoms with Gasteiger partial charge >= 0.3 is 11.9 Å². The van der Waals surface area contributed by atoms with Gasteiger partial charge in [-0.3, -0.25) is 0 Å². The molecular formula is C8H18NO4+. The van der Waals surface area contributed by atoms with E-state index in [2.05, 4.69) is 27.9 Å². The molecule has 0 spiro atoms. The maximum atomic E-state index is 9.10. The van der Waals surface area contributed by atoms with E-state index in [-0.39, 0.29) is 0 Å². The van der Waals surface area contributed by atoms with Crippen molar-refractivity contribution in [3.63, 3.8) is 0 Å². The van der Waals surface area contributed by atoms with E-state index < -0.39 is 11.9 Å². The van der Waals surface area contributed by atoms with Crippen LogP contribution in [-0.2, 0) is 9.59 Å².